The molecule has 2 unspecified atom stereocenters. The minimum Gasteiger partial charge on any atom is -0.392 e. The van der Waals surface area contributed by atoms with Crippen LogP contribution in [0.3, 0.4) is 0 Å². The topological polar surface area (TPSA) is 23.5 Å². The predicted molar refractivity (Wildman–Crippen MR) is 55.7 cm³/mol. The Hall–Kier alpha value is -0.0800. The molecule has 1 aliphatic rings. The largest absolute Gasteiger partial charge is 0.392 e. The number of likely N-dealkylation sites (tertiary alicyclic amines) is 1. The monoisotopic (exact) mass is 185 g/mol. The molecule has 0 bridgehead atoms. The summed E-state index contributed by atoms with van der Waals surface area (Å²) in [6.07, 6.45) is 0.813. The lowest BCUT2D eigenvalue weighted by atomic mass is 9.84. The number of hydrogen-bond donors (Lipinski definition) is 1. The molecule has 2 atom stereocenters. The van der Waals surface area contributed by atoms with Crippen molar-refractivity contribution in [1.82, 2.24) is 4.90 Å². The molecule has 0 amide bonds. The van der Waals surface area contributed by atoms with Gasteiger partial charge in [-0.2, -0.15) is 0 Å². The standard InChI is InChI=1S/C11H23NO/c1-8(2)12-7-9(13)6-10(12)11(3,4)5/h8-10,13H,6-7H2,1-5H3. The second kappa shape index (κ2) is 3.58. The summed E-state index contributed by atoms with van der Waals surface area (Å²) in [5.74, 6) is 0. The molecule has 0 radical (unpaired) electrons. The van der Waals surface area contributed by atoms with Crippen LogP contribution in [0.5, 0.6) is 0 Å². The lowest BCUT2D eigenvalue weighted by Gasteiger charge is -2.37. The first-order chi connectivity index (χ1) is 5.82. The SMILES string of the molecule is CC(C)N1CC(O)CC1C(C)(C)C. The molecule has 0 spiro atoms. The Morgan fingerprint density at radius 1 is 1.31 bits per heavy atom. The molecule has 2 heteroatoms. The summed E-state index contributed by atoms with van der Waals surface area (Å²) < 4.78 is 0. The number of aliphatic hydroxyl groups is 1. The van der Waals surface area contributed by atoms with E-state index in [1.165, 1.54) is 0 Å². The third-order valence-corrected chi connectivity index (χ3v) is 2.98. The Balaban J connectivity index is 2.72. The van der Waals surface area contributed by atoms with Crippen molar-refractivity contribution in [1.29, 1.82) is 0 Å². The van der Waals surface area contributed by atoms with Gasteiger partial charge in [-0.05, 0) is 25.7 Å². The van der Waals surface area contributed by atoms with E-state index < -0.39 is 0 Å². The molecule has 0 saturated carbocycles. The molecular weight excluding hydrogens is 162 g/mol. The van der Waals surface area contributed by atoms with Gasteiger partial charge in [0.2, 0.25) is 0 Å². The Morgan fingerprint density at radius 2 is 1.85 bits per heavy atom. The van der Waals surface area contributed by atoms with Crippen molar-refractivity contribution in [2.45, 2.75) is 59.2 Å². The maximum absolute atomic E-state index is 9.64. The maximum atomic E-state index is 9.64. The third kappa shape index (κ3) is 2.44. The fraction of sp³-hybridized carbons (Fsp3) is 1.00. The van der Waals surface area contributed by atoms with Crippen LogP contribution in [-0.4, -0.2) is 34.7 Å². The lowest BCUT2D eigenvalue weighted by Crippen LogP contribution is -2.43. The van der Waals surface area contributed by atoms with Crippen molar-refractivity contribution in [2.24, 2.45) is 5.41 Å². The summed E-state index contributed by atoms with van der Waals surface area (Å²) in [7, 11) is 0. The van der Waals surface area contributed by atoms with Crippen molar-refractivity contribution in [3.63, 3.8) is 0 Å². The number of aliphatic hydroxyl groups excluding tert-OH is 1. The smallest absolute Gasteiger partial charge is 0.0682 e. The molecule has 1 saturated heterocycles. The molecule has 2 nitrogen and oxygen atoms in total. The van der Waals surface area contributed by atoms with Gasteiger partial charge in [0.05, 0.1) is 6.10 Å². The molecule has 13 heavy (non-hydrogen) atoms. The Labute approximate surface area is 81.9 Å². The van der Waals surface area contributed by atoms with E-state index in [-0.39, 0.29) is 11.5 Å². The highest BCUT2D eigenvalue weighted by Gasteiger charge is 2.39. The molecule has 1 fully saturated rings. The highest BCUT2D eigenvalue weighted by Crippen LogP contribution is 2.33. The van der Waals surface area contributed by atoms with Crippen LogP contribution in [0.2, 0.25) is 0 Å². The lowest BCUT2D eigenvalue weighted by molar-refractivity contribution is 0.109. The van der Waals surface area contributed by atoms with Gasteiger partial charge in [-0.3, -0.25) is 4.90 Å². The number of rotatable bonds is 1. The number of β-amino-alcohol motifs (C(OH)–C–C–N with tert-alkyl or cyclic N) is 1. The molecule has 1 aliphatic heterocycles. The highest BCUT2D eigenvalue weighted by molar-refractivity contribution is 4.93. The molecule has 0 aromatic carbocycles. The predicted octanol–water partition coefficient (Wildman–Crippen LogP) is 1.88. The molecule has 0 aliphatic carbocycles. The Morgan fingerprint density at radius 3 is 2.15 bits per heavy atom. The van der Waals surface area contributed by atoms with E-state index in [0.29, 0.717) is 12.1 Å². The van der Waals surface area contributed by atoms with Gasteiger partial charge in [0.25, 0.3) is 0 Å². The molecule has 1 heterocycles. The van der Waals surface area contributed by atoms with Crippen LogP contribution in [0.1, 0.15) is 41.0 Å². The molecule has 1 rings (SSSR count). The second-order valence-electron chi connectivity index (χ2n) is 5.56. The normalized spacial score (nSPS) is 31.6. The molecule has 0 aromatic heterocycles. The quantitative estimate of drug-likeness (QED) is 0.674. The molecule has 1 N–H and O–H groups in total. The van der Waals surface area contributed by atoms with E-state index in [2.05, 4.69) is 39.5 Å². The van der Waals surface area contributed by atoms with E-state index >= 15 is 0 Å². The van der Waals surface area contributed by atoms with Crippen molar-refractivity contribution in [2.75, 3.05) is 6.54 Å². The summed E-state index contributed by atoms with van der Waals surface area (Å²) in [6.45, 7) is 12.0. The Bertz CT molecular complexity index is 171. The zero-order valence-electron chi connectivity index (χ0n) is 9.54. The van der Waals surface area contributed by atoms with Crippen molar-refractivity contribution in [3.05, 3.63) is 0 Å². The average Bonchev–Trinajstić information content (AvgIpc) is 2.29. The van der Waals surface area contributed by atoms with Gasteiger partial charge in [0.15, 0.2) is 0 Å². The first kappa shape index (κ1) is 11.0. The van der Waals surface area contributed by atoms with Gasteiger partial charge >= 0.3 is 0 Å². The van der Waals surface area contributed by atoms with Crippen LogP contribution >= 0.6 is 0 Å². The van der Waals surface area contributed by atoms with Crippen molar-refractivity contribution < 1.29 is 5.11 Å². The zero-order chi connectivity index (χ0) is 10.2. The van der Waals surface area contributed by atoms with Crippen LogP contribution in [0.4, 0.5) is 0 Å². The van der Waals surface area contributed by atoms with Gasteiger partial charge in [-0.1, -0.05) is 20.8 Å². The first-order valence-corrected chi connectivity index (χ1v) is 5.26. The number of hydrogen-bond acceptors (Lipinski definition) is 2. The summed E-state index contributed by atoms with van der Waals surface area (Å²) in [6, 6.07) is 1.07. The van der Waals surface area contributed by atoms with E-state index in [0.717, 1.165) is 13.0 Å². The van der Waals surface area contributed by atoms with Gasteiger partial charge in [-0.15, -0.1) is 0 Å². The van der Waals surface area contributed by atoms with Gasteiger partial charge in [0.1, 0.15) is 0 Å². The van der Waals surface area contributed by atoms with Gasteiger partial charge < -0.3 is 5.11 Å². The van der Waals surface area contributed by atoms with Crippen LogP contribution < -0.4 is 0 Å². The van der Waals surface area contributed by atoms with E-state index in [1.807, 2.05) is 0 Å². The Kier molecular flexibility index (Phi) is 3.03. The molecule has 78 valence electrons. The first-order valence-electron chi connectivity index (χ1n) is 5.26. The third-order valence-electron chi connectivity index (χ3n) is 2.98. The van der Waals surface area contributed by atoms with Crippen molar-refractivity contribution in [3.8, 4) is 0 Å². The van der Waals surface area contributed by atoms with E-state index in [9.17, 15) is 5.11 Å². The average molecular weight is 185 g/mol. The molecular formula is C11H23NO. The van der Waals surface area contributed by atoms with Crippen LogP contribution in [0, 0.1) is 5.41 Å². The van der Waals surface area contributed by atoms with E-state index in [1.54, 1.807) is 0 Å². The molecule has 0 aromatic rings. The summed E-state index contributed by atoms with van der Waals surface area (Å²) in [5.41, 5.74) is 0.280. The van der Waals surface area contributed by atoms with Crippen LogP contribution in [0.25, 0.3) is 0 Å². The van der Waals surface area contributed by atoms with E-state index in [4.69, 9.17) is 0 Å². The fourth-order valence-corrected chi connectivity index (χ4v) is 2.26. The number of nitrogens with zero attached hydrogens (tertiary/aromatic N) is 1. The zero-order valence-corrected chi connectivity index (χ0v) is 9.54. The van der Waals surface area contributed by atoms with Crippen molar-refractivity contribution >= 4 is 0 Å². The van der Waals surface area contributed by atoms with Gasteiger partial charge in [-0.25, -0.2) is 0 Å². The van der Waals surface area contributed by atoms with Crippen LogP contribution in [0.15, 0.2) is 0 Å². The second-order valence-corrected chi connectivity index (χ2v) is 5.56. The summed E-state index contributed by atoms with van der Waals surface area (Å²) in [5, 5.41) is 9.64. The van der Waals surface area contributed by atoms with Crippen LogP contribution in [-0.2, 0) is 0 Å². The summed E-state index contributed by atoms with van der Waals surface area (Å²) in [4.78, 5) is 2.42. The van der Waals surface area contributed by atoms with Gasteiger partial charge in [0, 0.05) is 18.6 Å². The highest BCUT2D eigenvalue weighted by atomic mass is 16.3. The fourth-order valence-electron chi connectivity index (χ4n) is 2.26. The minimum absolute atomic E-state index is 0.119. The summed E-state index contributed by atoms with van der Waals surface area (Å²) >= 11 is 0. The minimum atomic E-state index is -0.119. The maximum Gasteiger partial charge on any atom is 0.0682 e.